The van der Waals surface area contributed by atoms with Gasteiger partial charge in [-0.2, -0.15) is 0 Å². The zero-order valence-corrected chi connectivity index (χ0v) is 19.0. The quantitative estimate of drug-likeness (QED) is 0.705. The topological polar surface area (TPSA) is 105 Å². The van der Waals surface area contributed by atoms with Crippen LogP contribution >= 0.6 is 0 Å². The van der Waals surface area contributed by atoms with Crippen molar-refractivity contribution in [2.45, 2.75) is 25.3 Å². The third-order valence-corrected chi connectivity index (χ3v) is 7.40. The summed E-state index contributed by atoms with van der Waals surface area (Å²) in [5.41, 5.74) is 3.59. The number of carboxylic acids is 1. The van der Waals surface area contributed by atoms with Gasteiger partial charge in [0.2, 0.25) is 5.91 Å². The lowest BCUT2D eigenvalue weighted by atomic mass is 9.83. The second kappa shape index (κ2) is 8.76. The number of likely N-dealkylation sites (tertiary alicyclic amines) is 1. The van der Waals surface area contributed by atoms with Gasteiger partial charge in [0.15, 0.2) is 0 Å². The van der Waals surface area contributed by atoms with Crippen molar-refractivity contribution in [1.82, 2.24) is 10.2 Å². The fourth-order valence-electron chi connectivity index (χ4n) is 5.37. The molecule has 34 heavy (non-hydrogen) atoms. The van der Waals surface area contributed by atoms with E-state index in [-0.39, 0.29) is 38.2 Å². The highest BCUT2D eigenvalue weighted by atomic mass is 16.5. The smallest absolute Gasteiger partial charge is 0.407 e. The Morgan fingerprint density at radius 1 is 1.12 bits per heavy atom. The summed E-state index contributed by atoms with van der Waals surface area (Å²) in [6.07, 6.45) is -0.163. The van der Waals surface area contributed by atoms with Gasteiger partial charge in [0.05, 0.1) is 30.6 Å². The van der Waals surface area contributed by atoms with Crippen LogP contribution in [0.25, 0.3) is 11.1 Å². The van der Waals surface area contributed by atoms with E-state index < -0.39 is 29.4 Å². The molecule has 2 heterocycles. The summed E-state index contributed by atoms with van der Waals surface area (Å²) in [5, 5.41) is 12.1. The molecule has 178 valence electrons. The zero-order chi connectivity index (χ0) is 23.9. The summed E-state index contributed by atoms with van der Waals surface area (Å²) in [6, 6.07) is 15.7. The molecule has 3 atom stereocenters. The Labute approximate surface area is 197 Å². The van der Waals surface area contributed by atoms with Crippen LogP contribution < -0.4 is 5.32 Å². The largest absolute Gasteiger partial charge is 0.481 e. The molecule has 5 rings (SSSR count). The van der Waals surface area contributed by atoms with Crippen molar-refractivity contribution in [2.75, 3.05) is 32.9 Å². The SMILES string of the molecule is CC1(C(=O)N2CCC(C(=O)O)C2)COCC1NC(=O)OCC1c2ccccc2-c2ccccc21. The van der Waals surface area contributed by atoms with Gasteiger partial charge in [-0.3, -0.25) is 9.59 Å². The third-order valence-electron chi connectivity index (χ3n) is 7.40. The molecule has 0 bridgehead atoms. The molecule has 2 amide bonds. The number of carbonyl (C=O) groups is 3. The Morgan fingerprint density at radius 2 is 1.76 bits per heavy atom. The molecule has 0 saturated carbocycles. The van der Waals surface area contributed by atoms with Crippen LogP contribution in [-0.2, 0) is 19.1 Å². The van der Waals surface area contributed by atoms with Gasteiger partial charge < -0.3 is 24.8 Å². The van der Waals surface area contributed by atoms with Crippen molar-refractivity contribution in [3.63, 3.8) is 0 Å². The van der Waals surface area contributed by atoms with Gasteiger partial charge in [0.1, 0.15) is 6.61 Å². The zero-order valence-electron chi connectivity index (χ0n) is 19.0. The minimum Gasteiger partial charge on any atom is -0.481 e. The van der Waals surface area contributed by atoms with Crippen molar-refractivity contribution in [1.29, 1.82) is 0 Å². The van der Waals surface area contributed by atoms with E-state index in [1.54, 1.807) is 11.8 Å². The lowest BCUT2D eigenvalue weighted by Crippen LogP contribution is -2.54. The molecule has 2 fully saturated rings. The van der Waals surface area contributed by atoms with Gasteiger partial charge >= 0.3 is 12.1 Å². The molecule has 3 unspecified atom stereocenters. The predicted octanol–water partition coefficient (Wildman–Crippen LogP) is 2.86. The number of hydrogen-bond acceptors (Lipinski definition) is 5. The number of alkyl carbamates (subject to hydrolysis) is 1. The van der Waals surface area contributed by atoms with E-state index in [1.807, 2.05) is 24.3 Å². The monoisotopic (exact) mass is 464 g/mol. The lowest BCUT2D eigenvalue weighted by Gasteiger charge is -2.32. The summed E-state index contributed by atoms with van der Waals surface area (Å²) in [4.78, 5) is 38.8. The van der Waals surface area contributed by atoms with E-state index in [9.17, 15) is 19.5 Å². The Balaban J connectivity index is 1.24. The second-order valence-corrected chi connectivity index (χ2v) is 9.53. The number of rotatable bonds is 5. The van der Waals surface area contributed by atoms with Gasteiger partial charge in [-0.15, -0.1) is 0 Å². The molecule has 2 saturated heterocycles. The number of nitrogens with one attached hydrogen (secondary N) is 1. The minimum atomic E-state index is -0.973. The molecule has 8 nitrogen and oxygen atoms in total. The summed E-state index contributed by atoms with van der Waals surface area (Å²) in [7, 11) is 0. The van der Waals surface area contributed by atoms with Gasteiger partial charge in [0.25, 0.3) is 0 Å². The Bertz CT molecular complexity index is 1090. The maximum absolute atomic E-state index is 13.2. The molecule has 2 aromatic carbocycles. The standard InChI is InChI=1S/C26H28N2O6/c1-26(24(31)28-11-10-16(12-28)23(29)30)15-33-14-22(26)27-25(32)34-13-21-19-8-4-2-6-17(19)18-7-3-5-9-20(18)21/h2-9,16,21-22H,10-15H2,1H3,(H,27,32)(H,29,30). The number of hydrogen-bond donors (Lipinski definition) is 2. The Morgan fingerprint density at radius 3 is 2.38 bits per heavy atom. The molecule has 0 spiro atoms. The van der Waals surface area contributed by atoms with Crippen molar-refractivity contribution < 1.29 is 29.0 Å². The van der Waals surface area contributed by atoms with E-state index in [1.165, 1.54) is 0 Å². The first kappa shape index (κ1) is 22.4. The van der Waals surface area contributed by atoms with Gasteiger partial charge in [-0.1, -0.05) is 48.5 Å². The van der Waals surface area contributed by atoms with Crippen LogP contribution in [0.5, 0.6) is 0 Å². The number of carboxylic acid groups (broad SMARTS) is 1. The van der Waals surface area contributed by atoms with Crippen LogP contribution in [0.15, 0.2) is 48.5 Å². The molecular weight excluding hydrogens is 436 g/mol. The fourth-order valence-corrected chi connectivity index (χ4v) is 5.37. The maximum atomic E-state index is 13.2. The van der Waals surface area contributed by atoms with E-state index in [4.69, 9.17) is 9.47 Å². The second-order valence-electron chi connectivity index (χ2n) is 9.53. The normalized spacial score (nSPS) is 25.6. The maximum Gasteiger partial charge on any atom is 0.407 e. The molecule has 3 aliphatic rings. The summed E-state index contributed by atoms with van der Waals surface area (Å²) < 4.78 is 11.2. The molecule has 1 aliphatic carbocycles. The fraction of sp³-hybridized carbons (Fsp3) is 0.423. The van der Waals surface area contributed by atoms with Crippen molar-refractivity contribution in [2.24, 2.45) is 11.3 Å². The Kier molecular flexibility index (Phi) is 5.77. The minimum absolute atomic E-state index is 0.0523. The molecular formula is C26H28N2O6. The average Bonchev–Trinajstić information content (AvgIpc) is 3.55. The van der Waals surface area contributed by atoms with Gasteiger partial charge in [0, 0.05) is 19.0 Å². The van der Waals surface area contributed by atoms with Crippen LogP contribution in [0.2, 0.25) is 0 Å². The first-order chi connectivity index (χ1) is 16.4. The highest BCUT2D eigenvalue weighted by Gasteiger charge is 2.50. The van der Waals surface area contributed by atoms with Crippen LogP contribution in [0, 0.1) is 11.3 Å². The van der Waals surface area contributed by atoms with E-state index in [0.29, 0.717) is 13.0 Å². The summed E-state index contributed by atoms with van der Waals surface area (Å²) in [5.74, 6) is -1.69. The predicted molar refractivity (Wildman–Crippen MR) is 123 cm³/mol. The van der Waals surface area contributed by atoms with Crippen molar-refractivity contribution in [3.05, 3.63) is 59.7 Å². The summed E-state index contributed by atoms with van der Waals surface area (Å²) >= 11 is 0. The molecule has 2 N–H and O–H groups in total. The first-order valence-corrected chi connectivity index (χ1v) is 11.6. The number of nitrogens with zero attached hydrogens (tertiary/aromatic N) is 1. The lowest BCUT2D eigenvalue weighted by molar-refractivity contribution is -0.143. The number of amides is 2. The van der Waals surface area contributed by atoms with Crippen molar-refractivity contribution >= 4 is 18.0 Å². The number of carbonyl (C=O) groups excluding carboxylic acids is 2. The van der Waals surface area contributed by atoms with Gasteiger partial charge in [-0.05, 0) is 35.6 Å². The van der Waals surface area contributed by atoms with Crippen LogP contribution in [-0.4, -0.2) is 66.9 Å². The Hall–Kier alpha value is -3.39. The van der Waals surface area contributed by atoms with E-state index in [2.05, 4.69) is 29.6 Å². The van der Waals surface area contributed by atoms with Gasteiger partial charge in [-0.25, -0.2) is 4.79 Å². The summed E-state index contributed by atoms with van der Waals surface area (Å²) in [6.45, 7) is 2.87. The number of fused-ring (bicyclic) bond motifs is 3. The average molecular weight is 465 g/mol. The highest BCUT2D eigenvalue weighted by Crippen LogP contribution is 2.44. The number of ether oxygens (including phenoxy) is 2. The third kappa shape index (κ3) is 3.81. The van der Waals surface area contributed by atoms with Crippen LogP contribution in [0.3, 0.4) is 0 Å². The molecule has 0 aromatic heterocycles. The highest BCUT2D eigenvalue weighted by molar-refractivity contribution is 5.86. The van der Waals surface area contributed by atoms with E-state index >= 15 is 0 Å². The molecule has 2 aromatic rings. The number of benzene rings is 2. The first-order valence-electron chi connectivity index (χ1n) is 11.6. The van der Waals surface area contributed by atoms with Crippen molar-refractivity contribution in [3.8, 4) is 11.1 Å². The van der Waals surface area contributed by atoms with Crippen LogP contribution in [0.1, 0.15) is 30.4 Å². The van der Waals surface area contributed by atoms with Crippen LogP contribution in [0.4, 0.5) is 4.79 Å². The molecule has 2 aliphatic heterocycles. The molecule has 0 radical (unpaired) electrons. The number of aliphatic carboxylic acids is 1. The molecule has 8 heteroatoms. The van der Waals surface area contributed by atoms with E-state index in [0.717, 1.165) is 22.3 Å².